The van der Waals surface area contributed by atoms with E-state index in [1.54, 1.807) is 6.20 Å². The first kappa shape index (κ1) is 17.9. The monoisotopic (exact) mass is 328 g/mol. The van der Waals surface area contributed by atoms with Crippen molar-refractivity contribution in [2.75, 3.05) is 11.9 Å². The van der Waals surface area contributed by atoms with E-state index in [2.05, 4.69) is 20.6 Å². The normalized spacial score (nSPS) is 12.0. The molecule has 0 saturated carbocycles. The van der Waals surface area contributed by atoms with Crippen LogP contribution in [-0.2, 0) is 0 Å². The molecule has 2 aromatic rings. The van der Waals surface area contributed by atoms with Crippen molar-refractivity contribution in [2.24, 2.45) is 5.92 Å². The Labute approximate surface area is 142 Å². The summed E-state index contributed by atoms with van der Waals surface area (Å²) in [5, 5.41) is 14.8. The lowest BCUT2D eigenvalue weighted by molar-refractivity contribution is 0.227. The molecule has 0 radical (unpaired) electrons. The fourth-order valence-corrected chi connectivity index (χ4v) is 2.34. The summed E-state index contributed by atoms with van der Waals surface area (Å²) in [6, 6.07) is 8.89. The summed E-state index contributed by atoms with van der Waals surface area (Å²) < 4.78 is 0. The number of carbonyl (C=O) groups is 1. The van der Waals surface area contributed by atoms with E-state index in [9.17, 15) is 4.79 Å². The molecule has 0 saturated heterocycles. The molecule has 1 heterocycles. The number of nitrogens with zero attached hydrogens (tertiary/aromatic N) is 2. The molecule has 0 aliphatic heterocycles. The van der Waals surface area contributed by atoms with E-state index in [0.29, 0.717) is 17.9 Å². The second kappa shape index (κ2) is 8.40. The molecule has 1 unspecified atom stereocenters. The average molecular weight is 328 g/mol. The number of aliphatic hydroxyl groups excluding tert-OH is 1. The molecule has 1 atom stereocenters. The van der Waals surface area contributed by atoms with Crippen LogP contribution in [0.3, 0.4) is 0 Å². The van der Waals surface area contributed by atoms with E-state index >= 15 is 0 Å². The van der Waals surface area contributed by atoms with Crippen LogP contribution in [0, 0.1) is 12.8 Å². The molecule has 6 nitrogen and oxygen atoms in total. The van der Waals surface area contributed by atoms with Crippen molar-refractivity contribution < 1.29 is 9.90 Å². The highest BCUT2D eigenvalue weighted by Crippen LogP contribution is 2.18. The van der Waals surface area contributed by atoms with Crippen LogP contribution in [0.5, 0.6) is 0 Å². The Bertz CT molecular complexity index is 671. The third-order valence-corrected chi connectivity index (χ3v) is 3.76. The Balaban J connectivity index is 1.99. The number of carbonyl (C=O) groups excluding carboxylic acids is 1. The van der Waals surface area contributed by atoms with E-state index in [4.69, 9.17) is 5.11 Å². The van der Waals surface area contributed by atoms with Gasteiger partial charge in [0.15, 0.2) is 5.82 Å². The van der Waals surface area contributed by atoms with Crippen LogP contribution in [0.25, 0.3) is 11.4 Å². The van der Waals surface area contributed by atoms with E-state index in [0.717, 1.165) is 11.3 Å². The fourth-order valence-electron chi connectivity index (χ4n) is 2.34. The highest BCUT2D eigenvalue weighted by atomic mass is 16.3. The third-order valence-electron chi connectivity index (χ3n) is 3.76. The molecule has 0 fully saturated rings. The third kappa shape index (κ3) is 5.03. The first-order valence-corrected chi connectivity index (χ1v) is 8.08. The van der Waals surface area contributed by atoms with Crippen molar-refractivity contribution >= 4 is 11.7 Å². The number of hydrogen-bond donors (Lipinski definition) is 3. The van der Waals surface area contributed by atoms with E-state index in [1.807, 2.05) is 51.1 Å². The van der Waals surface area contributed by atoms with Crippen LogP contribution < -0.4 is 10.6 Å². The predicted molar refractivity (Wildman–Crippen MR) is 94.7 cm³/mol. The Hall–Kier alpha value is -2.47. The maximum Gasteiger partial charge on any atom is 0.319 e. The molecular formula is C18H24N4O2. The molecule has 0 bridgehead atoms. The number of aromatic nitrogens is 2. The maximum atomic E-state index is 12.1. The van der Waals surface area contributed by atoms with Gasteiger partial charge in [0, 0.05) is 35.8 Å². The number of hydrogen-bond acceptors (Lipinski definition) is 4. The molecule has 0 aliphatic carbocycles. The van der Waals surface area contributed by atoms with Crippen molar-refractivity contribution in [1.29, 1.82) is 0 Å². The smallest absolute Gasteiger partial charge is 0.319 e. The first-order chi connectivity index (χ1) is 11.5. The van der Waals surface area contributed by atoms with Crippen molar-refractivity contribution in [3.63, 3.8) is 0 Å². The van der Waals surface area contributed by atoms with Crippen molar-refractivity contribution in [1.82, 2.24) is 15.3 Å². The van der Waals surface area contributed by atoms with Gasteiger partial charge in [0.2, 0.25) is 0 Å². The van der Waals surface area contributed by atoms with Gasteiger partial charge < -0.3 is 15.7 Å². The lowest BCUT2D eigenvalue weighted by Gasteiger charge is -2.21. The molecule has 1 aromatic carbocycles. The molecule has 0 aliphatic rings. The van der Waals surface area contributed by atoms with E-state index < -0.39 is 0 Å². The molecule has 2 amide bonds. The molecular weight excluding hydrogens is 304 g/mol. The average Bonchev–Trinajstić information content (AvgIpc) is 2.55. The molecule has 0 spiro atoms. The zero-order chi connectivity index (χ0) is 17.5. The molecule has 6 heteroatoms. The summed E-state index contributed by atoms with van der Waals surface area (Å²) in [4.78, 5) is 20.7. The first-order valence-electron chi connectivity index (χ1n) is 8.08. The van der Waals surface area contributed by atoms with Gasteiger partial charge in [-0.3, -0.25) is 0 Å². The number of benzene rings is 1. The summed E-state index contributed by atoms with van der Waals surface area (Å²) in [5.41, 5.74) is 2.49. The quantitative estimate of drug-likeness (QED) is 0.761. The Morgan fingerprint density at radius 2 is 1.92 bits per heavy atom. The second-order valence-electron chi connectivity index (χ2n) is 6.06. The highest BCUT2D eigenvalue weighted by molar-refractivity contribution is 5.89. The predicted octanol–water partition coefficient (Wildman–Crippen LogP) is 2.98. The standard InChI is InChI=1S/C18H24N4O2/c1-12(2)16(9-11-23)22-18(24)21-15-6-4-14(5-7-15)17-19-10-8-13(3)20-17/h4-8,10,12,16,23H,9,11H2,1-3H3,(H2,21,22,24). The van der Waals surface area contributed by atoms with Gasteiger partial charge >= 0.3 is 6.03 Å². The number of amides is 2. The summed E-state index contributed by atoms with van der Waals surface area (Å²) in [6.45, 7) is 5.99. The van der Waals surface area contributed by atoms with Crippen LogP contribution in [0.4, 0.5) is 10.5 Å². The van der Waals surface area contributed by atoms with Crippen molar-refractivity contribution in [3.8, 4) is 11.4 Å². The Morgan fingerprint density at radius 1 is 1.21 bits per heavy atom. The molecule has 2 rings (SSSR count). The SMILES string of the molecule is Cc1ccnc(-c2ccc(NC(=O)NC(CCO)C(C)C)cc2)n1. The number of rotatable bonds is 6. The number of aryl methyl sites for hydroxylation is 1. The maximum absolute atomic E-state index is 12.1. The minimum Gasteiger partial charge on any atom is -0.396 e. The van der Waals surface area contributed by atoms with Gasteiger partial charge in [0.05, 0.1) is 0 Å². The highest BCUT2D eigenvalue weighted by Gasteiger charge is 2.15. The zero-order valence-electron chi connectivity index (χ0n) is 14.3. The van der Waals surface area contributed by atoms with Gasteiger partial charge in [-0.1, -0.05) is 13.8 Å². The van der Waals surface area contributed by atoms with Crippen LogP contribution >= 0.6 is 0 Å². The number of aliphatic hydroxyl groups is 1. The van der Waals surface area contributed by atoms with Gasteiger partial charge in [0.25, 0.3) is 0 Å². The van der Waals surface area contributed by atoms with E-state index in [-0.39, 0.29) is 24.6 Å². The van der Waals surface area contributed by atoms with Gasteiger partial charge in [0.1, 0.15) is 0 Å². The zero-order valence-corrected chi connectivity index (χ0v) is 14.3. The van der Waals surface area contributed by atoms with Crippen LogP contribution in [0.2, 0.25) is 0 Å². The minimum atomic E-state index is -0.276. The van der Waals surface area contributed by atoms with Crippen molar-refractivity contribution in [3.05, 3.63) is 42.2 Å². The minimum absolute atomic E-state index is 0.0499. The number of urea groups is 1. The number of anilines is 1. The van der Waals surface area contributed by atoms with Crippen LogP contribution in [-0.4, -0.2) is 33.8 Å². The topological polar surface area (TPSA) is 87.1 Å². The lowest BCUT2D eigenvalue weighted by Crippen LogP contribution is -2.41. The second-order valence-corrected chi connectivity index (χ2v) is 6.06. The Morgan fingerprint density at radius 3 is 2.50 bits per heavy atom. The van der Waals surface area contributed by atoms with Crippen LogP contribution in [0.15, 0.2) is 36.5 Å². The van der Waals surface area contributed by atoms with Crippen LogP contribution in [0.1, 0.15) is 26.0 Å². The summed E-state index contributed by atoms with van der Waals surface area (Å²) in [7, 11) is 0. The van der Waals surface area contributed by atoms with E-state index in [1.165, 1.54) is 0 Å². The molecule has 128 valence electrons. The van der Waals surface area contributed by atoms with Crippen molar-refractivity contribution in [2.45, 2.75) is 33.2 Å². The summed E-state index contributed by atoms with van der Waals surface area (Å²) in [5.74, 6) is 0.914. The number of nitrogens with one attached hydrogen (secondary N) is 2. The van der Waals surface area contributed by atoms with Gasteiger partial charge in [-0.25, -0.2) is 14.8 Å². The van der Waals surface area contributed by atoms with Gasteiger partial charge in [-0.2, -0.15) is 0 Å². The molecule has 1 aromatic heterocycles. The summed E-state index contributed by atoms with van der Waals surface area (Å²) >= 11 is 0. The largest absolute Gasteiger partial charge is 0.396 e. The molecule has 24 heavy (non-hydrogen) atoms. The summed E-state index contributed by atoms with van der Waals surface area (Å²) in [6.07, 6.45) is 2.26. The lowest BCUT2D eigenvalue weighted by atomic mass is 10.0. The van der Waals surface area contributed by atoms with Gasteiger partial charge in [-0.15, -0.1) is 0 Å². The van der Waals surface area contributed by atoms with Gasteiger partial charge in [-0.05, 0) is 49.6 Å². The Kier molecular flexibility index (Phi) is 6.26. The molecule has 3 N–H and O–H groups in total. The fraction of sp³-hybridized carbons (Fsp3) is 0.389.